The maximum Gasteiger partial charge on any atom is 0.306 e. The van der Waals surface area contributed by atoms with E-state index in [2.05, 4.69) is 50.4 Å². The van der Waals surface area contributed by atoms with Crippen LogP contribution in [0.5, 0.6) is 0 Å². The molecule has 60 heavy (non-hydrogen) atoms. The summed E-state index contributed by atoms with van der Waals surface area (Å²) in [5, 5.41) is 23.8. The van der Waals surface area contributed by atoms with Crippen molar-refractivity contribution in [1.29, 1.82) is 0 Å². The van der Waals surface area contributed by atoms with Gasteiger partial charge in [-0.05, 0) is 44.9 Å². The third-order valence-electron chi connectivity index (χ3n) is 11.8. The van der Waals surface area contributed by atoms with Crippen LogP contribution in [-0.4, -0.2) is 46.9 Å². The van der Waals surface area contributed by atoms with Crippen molar-refractivity contribution in [3.8, 4) is 0 Å². The van der Waals surface area contributed by atoms with Crippen LogP contribution in [0.1, 0.15) is 258 Å². The van der Waals surface area contributed by atoms with Gasteiger partial charge in [0.2, 0.25) is 5.91 Å². The Kier molecular flexibility index (Phi) is 46.1. The van der Waals surface area contributed by atoms with E-state index in [-0.39, 0.29) is 24.9 Å². The molecule has 6 nitrogen and oxygen atoms in total. The second kappa shape index (κ2) is 47.9. The molecule has 0 aliphatic carbocycles. The third-order valence-corrected chi connectivity index (χ3v) is 11.8. The number of rotatable bonds is 46. The summed E-state index contributed by atoms with van der Waals surface area (Å²) in [4.78, 5) is 26.1. The molecule has 350 valence electrons. The van der Waals surface area contributed by atoms with Gasteiger partial charge in [-0.3, -0.25) is 9.59 Å². The summed E-state index contributed by atoms with van der Waals surface area (Å²) in [6.45, 7) is 6.34. The molecule has 0 aromatic rings. The highest BCUT2D eigenvalue weighted by Crippen LogP contribution is 2.18. The number of hydrogen-bond acceptors (Lipinski definition) is 5. The van der Waals surface area contributed by atoms with Crippen LogP contribution in [0.15, 0.2) is 48.6 Å². The molecule has 6 heteroatoms. The fourth-order valence-electron chi connectivity index (χ4n) is 7.85. The Balaban J connectivity index is 4.58. The first kappa shape index (κ1) is 57.8. The van der Waals surface area contributed by atoms with Crippen LogP contribution >= 0.6 is 0 Å². The first-order valence-corrected chi connectivity index (χ1v) is 25.9. The standard InChI is InChI=1S/C54H99NO5/c1-4-7-10-13-16-19-22-25-26-29-31-34-37-40-43-46-52(57)51(49-56)55-53(58)48-50(45-42-39-36-33-30-27-23-20-17-14-11-8-5-2)60-54(59)47-44-41-38-35-32-28-24-21-18-15-12-9-6-3/h8,11,14,17,20,23,27,30,50-52,56-57H,4-7,9-10,12-13,15-16,18-19,21-22,24-26,28-29,31-49H2,1-3H3,(H,55,58)/b11-8+,17-14+,23-20+,30-27-. The Morgan fingerprint density at radius 1 is 0.500 bits per heavy atom. The molecule has 3 N–H and O–H groups in total. The molecule has 0 rings (SSSR count). The Morgan fingerprint density at radius 3 is 1.37 bits per heavy atom. The van der Waals surface area contributed by atoms with Gasteiger partial charge in [-0.15, -0.1) is 0 Å². The first-order chi connectivity index (χ1) is 29.5. The van der Waals surface area contributed by atoms with Gasteiger partial charge in [-0.1, -0.05) is 249 Å². The molecule has 0 saturated heterocycles. The summed E-state index contributed by atoms with van der Waals surface area (Å²) >= 11 is 0. The summed E-state index contributed by atoms with van der Waals surface area (Å²) < 4.78 is 5.91. The molecule has 0 aromatic heterocycles. The molecule has 1 amide bonds. The largest absolute Gasteiger partial charge is 0.462 e. The number of aliphatic hydroxyl groups excluding tert-OH is 2. The molecule has 0 saturated carbocycles. The quantitative estimate of drug-likeness (QED) is 0.0322. The van der Waals surface area contributed by atoms with Crippen LogP contribution in [0.3, 0.4) is 0 Å². The Hall–Kier alpha value is -2.18. The molecular formula is C54H99NO5. The van der Waals surface area contributed by atoms with Crippen LogP contribution in [-0.2, 0) is 14.3 Å². The van der Waals surface area contributed by atoms with Crippen molar-refractivity contribution >= 4 is 11.9 Å². The highest BCUT2D eigenvalue weighted by Gasteiger charge is 2.24. The molecule has 0 aliphatic rings. The van der Waals surface area contributed by atoms with Gasteiger partial charge in [0, 0.05) is 6.42 Å². The fourth-order valence-corrected chi connectivity index (χ4v) is 7.85. The second-order valence-corrected chi connectivity index (χ2v) is 17.6. The molecule has 0 radical (unpaired) electrons. The Labute approximate surface area is 372 Å². The fraction of sp³-hybridized carbons (Fsp3) is 0.815. The van der Waals surface area contributed by atoms with E-state index in [4.69, 9.17) is 4.74 Å². The number of hydrogen-bond donors (Lipinski definition) is 3. The Morgan fingerprint density at radius 2 is 0.900 bits per heavy atom. The molecule has 0 heterocycles. The van der Waals surface area contributed by atoms with Gasteiger partial charge < -0.3 is 20.3 Å². The van der Waals surface area contributed by atoms with Crippen LogP contribution in [0.25, 0.3) is 0 Å². The number of ether oxygens (including phenoxy) is 1. The van der Waals surface area contributed by atoms with E-state index in [1.165, 1.54) is 141 Å². The number of unbranched alkanes of at least 4 members (excludes halogenated alkanes) is 29. The molecular weight excluding hydrogens is 743 g/mol. The summed E-state index contributed by atoms with van der Waals surface area (Å²) in [7, 11) is 0. The van der Waals surface area contributed by atoms with Crippen LogP contribution < -0.4 is 5.32 Å². The number of esters is 1. The van der Waals surface area contributed by atoms with Crippen molar-refractivity contribution in [2.24, 2.45) is 0 Å². The van der Waals surface area contributed by atoms with E-state index in [0.29, 0.717) is 19.3 Å². The molecule has 0 fully saturated rings. The normalized spacial score (nSPS) is 13.6. The third kappa shape index (κ3) is 42.5. The lowest BCUT2D eigenvalue weighted by molar-refractivity contribution is -0.151. The molecule has 0 aliphatic heterocycles. The minimum absolute atomic E-state index is 0.0538. The zero-order chi connectivity index (χ0) is 43.8. The monoisotopic (exact) mass is 842 g/mol. The average molecular weight is 842 g/mol. The summed E-state index contributed by atoms with van der Waals surface area (Å²) in [5.74, 6) is -0.506. The number of amides is 1. The van der Waals surface area contributed by atoms with Crippen molar-refractivity contribution in [3.63, 3.8) is 0 Å². The zero-order valence-corrected chi connectivity index (χ0v) is 39.8. The number of aliphatic hydroxyl groups is 2. The lowest BCUT2D eigenvalue weighted by Crippen LogP contribution is -2.46. The lowest BCUT2D eigenvalue weighted by Gasteiger charge is -2.24. The minimum atomic E-state index is -0.797. The summed E-state index contributed by atoms with van der Waals surface area (Å²) in [5.41, 5.74) is 0. The van der Waals surface area contributed by atoms with Crippen molar-refractivity contribution in [1.82, 2.24) is 5.32 Å². The Bertz CT molecular complexity index is 1040. The predicted molar refractivity (Wildman–Crippen MR) is 259 cm³/mol. The van der Waals surface area contributed by atoms with Crippen molar-refractivity contribution in [2.45, 2.75) is 277 Å². The van der Waals surface area contributed by atoms with Crippen LogP contribution in [0.2, 0.25) is 0 Å². The number of nitrogens with one attached hydrogen (secondary N) is 1. The van der Waals surface area contributed by atoms with E-state index in [1.54, 1.807) is 0 Å². The molecule has 3 unspecified atom stereocenters. The van der Waals surface area contributed by atoms with E-state index in [1.807, 2.05) is 24.3 Å². The maximum atomic E-state index is 13.2. The zero-order valence-electron chi connectivity index (χ0n) is 39.8. The second-order valence-electron chi connectivity index (χ2n) is 17.6. The van der Waals surface area contributed by atoms with Gasteiger partial charge in [-0.2, -0.15) is 0 Å². The first-order valence-electron chi connectivity index (χ1n) is 25.9. The van der Waals surface area contributed by atoms with Gasteiger partial charge in [0.1, 0.15) is 6.10 Å². The maximum absolute atomic E-state index is 13.2. The van der Waals surface area contributed by atoms with Gasteiger partial charge in [-0.25, -0.2) is 0 Å². The van der Waals surface area contributed by atoms with E-state index in [9.17, 15) is 19.8 Å². The summed E-state index contributed by atoms with van der Waals surface area (Å²) in [6.07, 6.45) is 57.4. The predicted octanol–water partition coefficient (Wildman–Crippen LogP) is 15.5. The molecule has 0 spiro atoms. The van der Waals surface area contributed by atoms with Gasteiger partial charge in [0.05, 0.1) is 25.2 Å². The van der Waals surface area contributed by atoms with Crippen molar-refractivity contribution < 1.29 is 24.5 Å². The van der Waals surface area contributed by atoms with Gasteiger partial charge >= 0.3 is 5.97 Å². The summed E-state index contributed by atoms with van der Waals surface area (Å²) in [6, 6.07) is -0.713. The van der Waals surface area contributed by atoms with Gasteiger partial charge in [0.15, 0.2) is 0 Å². The van der Waals surface area contributed by atoms with E-state index in [0.717, 1.165) is 70.6 Å². The smallest absolute Gasteiger partial charge is 0.306 e. The SMILES string of the molecule is CC/C=C/C=C/C=C/C=C\CCCCCC(CC(=O)NC(CO)C(O)CCCCCCCCCCCCCCCCC)OC(=O)CCCCCCCCCCCCCCC. The molecule has 0 bridgehead atoms. The van der Waals surface area contributed by atoms with Crippen LogP contribution in [0, 0.1) is 0 Å². The van der Waals surface area contributed by atoms with Gasteiger partial charge in [0.25, 0.3) is 0 Å². The highest BCUT2D eigenvalue weighted by atomic mass is 16.5. The van der Waals surface area contributed by atoms with Crippen molar-refractivity contribution in [2.75, 3.05) is 6.61 Å². The molecule has 0 aromatic carbocycles. The number of allylic oxidation sites excluding steroid dienone is 8. The van der Waals surface area contributed by atoms with E-state index >= 15 is 0 Å². The highest BCUT2D eigenvalue weighted by molar-refractivity contribution is 5.77. The average Bonchev–Trinajstić information content (AvgIpc) is 3.24. The number of carbonyl (C=O) groups excluding carboxylic acids is 2. The number of carbonyl (C=O) groups is 2. The van der Waals surface area contributed by atoms with Crippen LogP contribution in [0.4, 0.5) is 0 Å². The topological polar surface area (TPSA) is 95.9 Å². The van der Waals surface area contributed by atoms with E-state index < -0.39 is 18.2 Å². The van der Waals surface area contributed by atoms with Crippen molar-refractivity contribution in [3.05, 3.63) is 48.6 Å². The lowest BCUT2D eigenvalue weighted by atomic mass is 10.0. The molecule has 3 atom stereocenters. The minimum Gasteiger partial charge on any atom is -0.462 e.